The van der Waals surface area contributed by atoms with E-state index in [-0.39, 0.29) is 17.2 Å². The fourth-order valence-electron chi connectivity index (χ4n) is 3.80. The molecule has 1 aliphatic heterocycles. The Kier molecular flexibility index (Phi) is 5.93. The number of amides is 1. The van der Waals surface area contributed by atoms with E-state index in [4.69, 9.17) is 16.6 Å². The topological polar surface area (TPSA) is 60.4 Å². The summed E-state index contributed by atoms with van der Waals surface area (Å²) >= 11 is 10.1. The lowest BCUT2D eigenvalue weighted by Gasteiger charge is -2.12. The molecule has 1 fully saturated rings. The first-order valence-corrected chi connectivity index (χ1v) is 12.3. The lowest BCUT2D eigenvalue weighted by molar-refractivity contribution is -0.113. The molecule has 0 atom stereocenters. The van der Waals surface area contributed by atoms with E-state index in [1.54, 1.807) is 30.8 Å². The molecule has 0 unspecified atom stereocenters. The summed E-state index contributed by atoms with van der Waals surface area (Å²) < 4.78 is 10.5. The van der Waals surface area contributed by atoms with Crippen LogP contribution >= 0.6 is 39.9 Å². The first-order valence-electron chi connectivity index (χ1n) is 10.3. The van der Waals surface area contributed by atoms with Gasteiger partial charge in [-0.15, -0.1) is 0 Å². The predicted molar refractivity (Wildman–Crippen MR) is 143 cm³/mol. The number of furan rings is 1. The molecule has 3 heterocycles. The zero-order valence-electron chi connectivity index (χ0n) is 18.2. The first-order chi connectivity index (χ1) is 16.3. The lowest BCUT2D eigenvalue weighted by Crippen LogP contribution is -2.33. The van der Waals surface area contributed by atoms with Crippen molar-refractivity contribution in [2.45, 2.75) is 6.92 Å². The zero-order valence-corrected chi connectivity index (χ0v) is 21.4. The first kappa shape index (κ1) is 22.6. The number of aromatic nitrogens is 2. The number of nitrogens with zero attached hydrogens (tertiary/aromatic N) is 3. The Morgan fingerprint density at radius 2 is 1.71 bits per heavy atom. The van der Waals surface area contributed by atoms with Crippen molar-refractivity contribution in [3.63, 3.8) is 0 Å². The maximum atomic E-state index is 13.4. The summed E-state index contributed by atoms with van der Waals surface area (Å²) in [5.74, 6) is 0.881. The maximum absolute atomic E-state index is 13.4. The van der Waals surface area contributed by atoms with Crippen LogP contribution in [0.5, 0.6) is 0 Å². The van der Waals surface area contributed by atoms with Crippen LogP contribution in [-0.2, 0) is 11.8 Å². The standard InChI is InChI=1S/C25H18BrN3O3S2/c1-15-22(24(31)29(27(15)2)18-6-4-3-5-7-18)28-23(30)21(34-25(28)33)14-19-12-13-20(32-19)16-8-10-17(26)11-9-16/h3-14H,1-2H3/b21-14+. The number of rotatable bonds is 4. The van der Waals surface area contributed by atoms with E-state index in [2.05, 4.69) is 15.9 Å². The van der Waals surface area contributed by atoms with Crippen molar-refractivity contribution in [1.82, 2.24) is 9.36 Å². The quantitative estimate of drug-likeness (QED) is 0.233. The Morgan fingerprint density at radius 3 is 2.41 bits per heavy atom. The summed E-state index contributed by atoms with van der Waals surface area (Å²) in [7, 11) is 1.78. The van der Waals surface area contributed by atoms with E-state index in [9.17, 15) is 9.59 Å². The van der Waals surface area contributed by atoms with Crippen LogP contribution in [0.3, 0.4) is 0 Å². The molecule has 4 aromatic rings. The van der Waals surface area contributed by atoms with Gasteiger partial charge in [-0.05, 0) is 43.3 Å². The molecule has 1 aliphatic rings. The Bertz CT molecular complexity index is 1520. The third-order valence-corrected chi connectivity index (χ3v) is 7.40. The Morgan fingerprint density at radius 1 is 1.00 bits per heavy atom. The van der Waals surface area contributed by atoms with Gasteiger partial charge in [0.1, 0.15) is 17.2 Å². The molecule has 0 radical (unpaired) electrons. The highest BCUT2D eigenvalue weighted by atomic mass is 79.9. The molecule has 0 bridgehead atoms. The van der Waals surface area contributed by atoms with Crippen molar-refractivity contribution in [2.24, 2.45) is 7.05 Å². The van der Waals surface area contributed by atoms with Crippen LogP contribution < -0.4 is 10.5 Å². The number of benzene rings is 2. The number of halogens is 1. The number of anilines is 1. The van der Waals surface area contributed by atoms with Gasteiger partial charge in [-0.2, -0.15) is 0 Å². The van der Waals surface area contributed by atoms with Gasteiger partial charge in [0.05, 0.1) is 16.3 Å². The fraction of sp³-hybridized carbons (Fsp3) is 0.0800. The van der Waals surface area contributed by atoms with Gasteiger partial charge in [-0.1, -0.05) is 70.2 Å². The molecule has 2 aromatic heterocycles. The fourth-order valence-corrected chi connectivity index (χ4v) is 5.32. The highest BCUT2D eigenvalue weighted by Crippen LogP contribution is 2.37. The number of carbonyl (C=O) groups excluding carboxylic acids is 1. The van der Waals surface area contributed by atoms with Gasteiger partial charge in [0.25, 0.3) is 11.5 Å². The number of thiocarbonyl (C=S) groups is 1. The Labute approximate surface area is 213 Å². The molecular weight excluding hydrogens is 534 g/mol. The minimum absolute atomic E-state index is 0.257. The number of thioether (sulfide) groups is 1. The average molecular weight is 552 g/mol. The monoisotopic (exact) mass is 551 g/mol. The van der Waals surface area contributed by atoms with Crippen LogP contribution in [0.4, 0.5) is 5.69 Å². The number of hydrogen-bond donors (Lipinski definition) is 0. The molecule has 0 saturated carbocycles. The molecule has 0 spiro atoms. The van der Waals surface area contributed by atoms with Crippen LogP contribution in [-0.4, -0.2) is 19.6 Å². The summed E-state index contributed by atoms with van der Waals surface area (Å²) in [5, 5.41) is 0. The van der Waals surface area contributed by atoms with Gasteiger partial charge in [-0.25, -0.2) is 4.68 Å². The van der Waals surface area contributed by atoms with Crippen molar-refractivity contribution >= 4 is 61.9 Å². The third kappa shape index (κ3) is 3.89. The second kappa shape index (κ2) is 8.90. The van der Waals surface area contributed by atoms with Gasteiger partial charge in [0, 0.05) is 23.2 Å². The second-order valence-corrected chi connectivity index (χ2v) is 10.2. The van der Waals surface area contributed by atoms with Crippen molar-refractivity contribution in [3.05, 3.63) is 97.9 Å². The molecule has 0 aliphatic carbocycles. The molecule has 5 rings (SSSR count). The average Bonchev–Trinajstić information content (AvgIpc) is 3.46. The molecule has 1 amide bonds. The smallest absolute Gasteiger partial charge is 0.296 e. The van der Waals surface area contributed by atoms with Gasteiger partial charge in [-0.3, -0.25) is 19.2 Å². The van der Waals surface area contributed by atoms with E-state index >= 15 is 0 Å². The van der Waals surface area contributed by atoms with Crippen LogP contribution in [0.1, 0.15) is 11.5 Å². The molecule has 6 nitrogen and oxygen atoms in total. The van der Waals surface area contributed by atoms with Gasteiger partial charge < -0.3 is 4.42 Å². The molecule has 1 saturated heterocycles. The van der Waals surface area contributed by atoms with Crippen LogP contribution in [0, 0.1) is 6.92 Å². The minimum Gasteiger partial charge on any atom is -0.457 e. The summed E-state index contributed by atoms with van der Waals surface area (Å²) in [6.45, 7) is 1.80. The normalized spacial score (nSPS) is 15.0. The molecule has 9 heteroatoms. The Hall–Kier alpha value is -3.14. The second-order valence-electron chi connectivity index (χ2n) is 7.64. The molecule has 2 aromatic carbocycles. The Balaban J connectivity index is 1.49. The van der Waals surface area contributed by atoms with Gasteiger partial charge >= 0.3 is 0 Å². The zero-order chi connectivity index (χ0) is 24.0. The van der Waals surface area contributed by atoms with Crippen LogP contribution in [0.15, 0.2) is 85.3 Å². The van der Waals surface area contributed by atoms with E-state index in [1.807, 2.05) is 60.7 Å². The lowest BCUT2D eigenvalue weighted by atomic mass is 10.2. The van der Waals surface area contributed by atoms with Gasteiger partial charge in [0.2, 0.25) is 0 Å². The number of carbonyl (C=O) groups is 1. The predicted octanol–water partition coefficient (Wildman–Crippen LogP) is 5.91. The van der Waals surface area contributed by atoms with E-state index in [1.165, 1.54) is 9.58 Å². The SMILES string of the molecule is Cc1c(N2C(=O)/C(=C\c3ccc(-c4ccc(Br)cc4)o3)SC2=S)c(=O)n(-c2ccccc2)n1C. The van der Waals surface area contributed by atoms with Crippen molar-refractivity contribution in [3.8, 4) is 17.0 Å². The molecular formula is C25H18BrN3O3S2. The summed E-state index contributed by atoms with van der Waals surface area (Å²) in [4.78, 5) is 28.4. The largest absolute Gasteiger partial charge is 0.457 e. The highest BCUT2D eigenvalue weighted by molar-refractivity contribution is 9.10. The molecule has 34 heavy (non-hydrogen) atoms. The van der Waals surface area contributed by atoms with E-state index < -0.39 is 0 Å². The minimum atomic E-state index is -0.345. The van der Waals surface area contributed by atoms with E-state index in [0.29, 0.717) is 32.1 Å². The van der Waals surface area contributed by atoms with Crippen LogP contribution in [0.2, 0.25) is 0 Å². The van der Waals surface area contributed by atoms with Crippen molar-refractivity contribution in [2.75, 3.05) is 4.90 Å². The van der Waals surface area contributed by atoms with E-state index in [0.717, 1.165) is 21.8 Å². The van der Waals surface area contributed by atoms with Crippen LogP contribution in [0.25, 0.3) is 23.1 Å². The highest BCUT2D eigenvalue weighted by Gasteiger charge is 2.38. The summed E-state index contributed by atoms with van der Waals surface area (Å²) in [6, 6.07) is 20.7. The summed E-state index contributed by atoms with van der Waals surface area (Å²) in [5.41, 5.74) is 2.23. The molecule has 170 valence electrons. The van der Waals surface area contributed by atoms with Crippen molar-refractivity contribution in [1.29, 1.82) is 0 Å². The molecule has 0 N–H and O–H groups in total. The summed E-state index contributed by atoms with van der Waals surface area (Å²) in [6.07, 6.45) is 1.66. The third-order valence-electron chi connectivity index (χ3n) is 5.57. The van der Waals surface area contributed by atoms with Gasteiger partial charge in [0.15, 0.2) is 4.32 Å². The number of hydrogen-bond acceptors (Lipinski definition) is 5. The maximum Gasteiger partial charge on any atom is 0.296 e. The van der Waals surface area contributed by atoms with Crippen molar-refractivity contribution < 1.29 is 9.21 Å². The number of para-hydroxylation sites is 1.